The average molecular weight is 389 g/mol. The Hall–Kier alpha value is -0.350. The van der Waals surface area contributed by atoms with Crippen molar-refractivity contribution >= 4 is 51.1 Å². The Morgan fingerprint density at radius 2 is 2.12 bits per heavy atom. The fourth-order valence-electron chi connectivity index (χ4n) is 1.10. The molecular weight excluding hydrogens is 373 g/mol. The molecule has 1 aromatic heterocycles. The van der Waals surface area contributed by atoms with E-state index in [1.807, 2.05) is 0 Å². The minimum atomic E-state index is -3.09. The van der Waals surface area contributed by atoms with Gasteiger partial charge in [-0.3, -0.25) is 4.99 Å². The molecule has 0 fully saturated rings. The van der Waals surface area contributed by atoms with Gasteiger partial charge in [-0.25, -0.2) is 8.42 Å². The average Bonchev–Trinajstić information content (AvgIpc) is 2.67. The molecular formula is C9H16IN3O2S2. The second-order valence-electron chi connectivity index (χ2n) is 3.17. The van der Waals surface area contributed by atoms with Crippen LogP contribution in [0.15, 0.2) is 21.3 Å². The lowest BCUT2D eigenvalue weighted by molar-refractivity contribution is 0.604. The normalized spacial score (nSPS) is 11.8. The zero-order valence-electron chi connectivity index (χ0n) is 9.85. The monoisotopic (exact) mass is 389 g/mol. The largest absolute Gasteiger partial charge is 0.359 e. The Bertz CT molecular complexity index is 482. The Kier molecular flexibility index (Phi) is 7.02. The molecule has 17 heavy (non-hydrogen) atoms. The molecule has 0 aromatic carbocycles. The summed E-state index contributed by atoms with van der Waals surface area (Å²) in [6.07, 6.45) is 1.21. The zero-order chi connectivity index (χ0) is 12.2. The molecule has 0 aliphatic carbocycles. The Labute approximate surface area is 123 Å². The maximum atomic E-state index is 11.3. The van der Waals surface area contributed by atoms with Gasteiger partial charge in [-0.05, 0) is 12.1 Å². The van der Waals surface area contributed by atoms with E-state index < -0.39 is 9.84 Å². The highest BCUT2D eigenvalue weighted by Crippen LogP contribution is 2.20. The summed E-state index contributed by atoms with van der Waals surface area (Å²) in [5.74, 6) is 0.675. The van der Waals surface area contributed by atoms with Crippen molar-refractivity contribution in [1.82, 2.24) is 10.6 Å². The van der Waals surface area contributed by atoms with Crippen molar-refractivity contribution in [2.24, 2.45) is 4.99 Å². The van der Waals surface area contributed by atoms with Crippen molar-refractivity contribution in [3.63, 3.8) is 0 Å². The lowest BCUT2D eigenvalue weighted by atomic mass is 10.5. The lowest BCUT2D eigenvalue weighted by Gasteiger charge is -2.06. The predicted molar refractivity (Wildman–Crippen MR) is 82.1 cm³/mol. The van der Waals surface area contributed by atoms with E-state index in [4.69, 9.17) is 0 Å². The molecule has 0 amide bonds. The van der Waals surface area contributed by atoms with Gasteiger partial charge in [0.05, 0.1) is 6.54 Å². The molecule has 0 atom stereocenters. The molecule has 8 heteroatoms. The number of guanidine groups is 1. The third-order valence-electron chi connectivity index (χ3n) is 1.89. The van der Waals surface area contributed by atoms with Crippen molar-refractivity contribution < 1.29 is 8.42 Å². The summed E-state index contributed by atoms with van der Waals surface area (Å²) in [5.41, 5.74) is 0. The minimum absolute atomic E-state index is 0. The van der Waals surface area contributed by atoms with Crippen LogP contribution < -0.4 is 10.6 Å². The number of rotatable bonds is 3. The second kappa shape index (κ2) is 7.17. The third-order valence-corrected chi connectivity index (χ3v) is 4.80. The first-order valence-electron chi connectivity index (χ1n) is 4.64. The highest BCUT2D eigenvalue weighted by molar-refractivity contribution is 14.0. The molecule has 2 N–H and O–H groups in total. The molecule has 1 heterocycles. The molecule has 0 aliphatic rings. The van der Waals surface area contributed by atoms with E-state index >= 15 is 0 Å². The quantitative estimate of drug-likeness (QED) is 0.461. The van der Waals surface area contributed by atoms with Crippen molar-refractivity contribution in [3.8, 4) is 0 Å². The summed E-state index contributed by atoms with van der Waals surface area (Å²) in [6, 6.07) is 3.43. The molecule has 0 saturated heterocycles. The van der Waals surface area contributed by atoms with Crippen LogP contribution in [-0.4, -0.2) is 34.7 Å². The van der Waals surface area contributed by atoms with E-state index in [-0.39, 0.29) is 24.0 Å². The first kappa shape index (κ1) is 16.6. The van der Waals surface area contributed by atoms with Crippen molar-refractivity contribution in [3.05, 3.63) is 17.0 Å². The van der Waals surface area contributed by atoms with Gasteiger partial charge in [0.15, 0.2) is 15.8 Å². The Morgan fingerprint density at radius 3 is 2.53 bits per heavy atom. The molecule has 0 saturated carbocycles. The second-order valence-corrected chi connectivity index (χ2v) is 6.58. The van der Waals surface area contributed by atoms with Gasteiger partial charge < -0.3 is 10.6 Å². The van der Waals surface area contributed by atoms with Crippen molar-refractivity contribution in [1.29, 1.82) is 0 Å². The summed E-state index contributed by atoms with van der Waals surface area (Å²) < 4.78 is 22.9. The van der Waals surface area contributed by atoms with Crippen LogP contribution in [0.25, 0.3) is 0 Å². The number of nitrogens with zero attached hydrogens (tertiary/aromatic N) is 1. The standard InChI is InChI=1S/C9H15N3O2S2.HI/c1-10-9(11-2)12-6-7-4-5-8(15-7)16(3,13)14;/h4-5H,6H2,1-3H3,(H2,10,11,12);1H. The van der Waals surface area contributed by atoms with E-state index in [0.717, 1.165) is 4.88 Å². The van der Waals surface area contributed by atoms with Crippen LogP contribution >= 0.6 is 35.3 Å². The number of sulfone groups is 1. The van der Waals surface area contributed by atoms with Gasteiger partial charge in [0.25, 0.3) is 0 Å². The molecule has 98 valence electrons. The first-order chi connectivity index (χ1) is 7.47. The van der Waals surface area contributed by atoms with E-state index in [9.17, 15) is 8.42 Å². The maximum Gasteiger partial charge on any atom is 0.191 e. The van der Waals surface area contributed by atoms with Crippen LogP contribution in [0.5, 0.6) is 0 Å². The van der Waals surface area contributed by atoms with Gasteiger partial charge >= 0.3 is 0 Å². The Balaban J connectivity index is 0.00000256. The van der Waals surface area contributed by atoms with Crippen LogP contribution in [-0.2, 0) is 16.4 Å². The van der Waals surface area contributed by atoms with E-state index in [2.05, 4.69) is 15.6 Å². The topological polar surface area (TPSA) is 70.6 Å². The predicted octanol–water partition coefficient (Wildman–Crippen LogP) is 1.06. The smallest absolute Gasteiger partial charge is 0.191 e. The number of thiophene rings is 1. The fourth-order valence-corrected chi connectivity index (χ4v) is 3.02. The van der Waals surface area contributed by atoms with Crippen LogP contribution in [0.3, 0.4) is 0 Å². The van der Waals surface area contributed by atoms with Crippen molar-refractivity contribution in [2.45, 2.75) is 10.8 Å². The number of aliphatic imine (C=N–C) groups is 1. The van der Waals surface area contributed by atoms with E-state index in [0.29, 0.717) is 16.7 Å². The summed E-state index contributed by atoms with van der Waals surface area (Å²) in [5, 5.41) is 5.94. The van der Waals surface area contributed by atoms with Gasteiger partial charge in [-0.2, -0.15) is 0 Å². The molecule has 0 unspecified atom stereocenters. The van der Waals surface area contributed by atoms with E-state index in [1.165, 1.54) is 17.6 Å². The first-order valence-corrected chi connectivity index (χ1v) is 7.35. The highest BCUT2D eigenvalue weighted by Gasteiger charge is 2.10. The molecule has 1 aromatic rings. The van der Waals surface area contributed by atoms with Crippen LogP contribution in [0.2, 0.25) is 0 Å². The Morgan fingerprint density at radius 1 is 1.47 bits per heavy atom. The fraction of sp³-hybridized carbons (Fsp3) is 0.444. The van der Waals surface area contributed by atoms with Crippen LogP contribution in [0.1, 0.15) is 4.88 Å². The minimum Gasteiger partial charge on any atom is -0.359 e. The number of hydrogen-bond donors (Lipinski definition) is 2. The maximum absolute atomic E-state index is 11.3. The third kappa shape index (κ3) is 5.21. The van der Waals surface area contributed by atoms with E-state index in [1.54, 1.807) is 26.2 Å². The summed E-state index contributed by atoms with van der Waals surface area (Å²) in [7, 11) is 0.359. The molecule has 0 spiro atoms. The summed E-state index contributed by atoms with van der Waals surface area (Å²) in [4.78, 5) is 4.91. The molecule has 0 aliphatic heterocycles. The van der Waals surface area contributed by atoms with Gasteiger partial charge in [-0.1, -0.05) is 0 Å². The highest BCUT2D eigenvalue weighted by atomic mass is 127. The molecule has 0 bridgehead atoms. The molecule has 5 nitrogen and oxygen atoms in total. The number of halogens is 1. The zero-order valence-corrected chi connectivity index (χ0v) is 13.8. The summed E-state index contributed by atoms with van der Waals surface area (Å²) >= 11 is 1.27. The number of hydrogen-bond acceptors (Lipinski definition) is 4. The van der Waals surface area contributed by atoms with Gasteiger partial charge in [0, 0.05) is 25.2 Å². The molecule has 0 radical (unpaired) electrons. The van der Waals surface area contributed by atoms with Crippen LogP contribution in [0, 0.1) is 0 Å². The van der Waals surface area contributed by atoms with Gasteiger partial charge in [0.2, 0.25) is 0 Å². The van der Waals surface area contributed by atoms with Crippen LogP contribution in [0.4, 0.5) is 0 Å². The summed E-state index contributed by atoms with van der Waals surface area (Å²) in [6.45, 7) is 0.563. The van der Waals surface area contributed by atoms with Crippen molar-refractivity contribution in [2.75, 3.05) is 20.4 Å². The van der Waals surface area contributed by atoms with Gasteiger partial charge in [-0.15, -0.1) is 35.3 Å². The lowest BCUT2D eigenvalue weighted by Crippen LogP contribution is -2.33. The molecule has 1 rings (SSSR count). The number of nitrogens with one attached hydrogen (secondary N) is 2. The van der Waals surface area contributed by atoms with Gasteiger partial charge in [0.1, 0.15) is 4.21 Å². The SMILES string of the molecule is CN=C(NC)NCc1ccc(S(C)(=O)=O)s1.I.